The largest absolute Gasteiger partial charge is 0.493 e. The van der Waals surface area contributed by atoms with Gasteiger partial charge in [-0.1, -0.05) is 54.6 Å². The van der Waals surface area contributed by atoms with E-state index in [-0.39, 0.29) is 0 Å². The Kier molecular flexibility index (Phi) is 6.80. The van der Waals surface area contributed by atoms with Crippen LogP contribution < -0.4 is 9.47 Å². The quantitative estimate of drug-likeness (QED) is 0.318. The SMILES string of the molecule is COc1cc(/C=C\C#N)ccc1OC(=O)c1ccccc1CCc1ccccc1. The average molecular weight is 383 g/mol. The highest BCUT2D eigenvalue weighted by atomic mass is 16.6. The normalized spacial score (nSPS) is 10.5. The fourth-order valence-electron chi connectivity index (χ4n) is 3.02. The van der Waals surface area contributed by atoms with Gasteiger partial charge < -0.3 is 9.47 Å². The lowest BCUT2D eigenvalue weighted by Crippen LogP contribution is -2.12. The van der Waals surface area contributed by atoms with Gasteiger partial charge in [0.2, 0.25) is 0 Å². The number of allylic oxidation sites excluding steroid dienone is 1. The number of carbonyl (C=O) groups excluding carboxylic acids is 1. The van der Waals surface area contributed by atoms with Gasteiger partial charge in [-0.2, -0.15) is 5.26 Å². The van der Waals surface area contributed by atoms with E-state index in [1.807, 2.05) is 42.5 Å². The molecule has 0 aliphatic rings. The van der Waals surface area contributed by atoms with Crippen LogP contribution in [0.25, 0.3) is 6.08 Å². The molecule has 0 aromatic heterocycles. The number of benzene rings is 3. The fourth-order valence-corrected chi connectivity index (χ4v) is 3.02. The first-order valence-electron chi connectivity index (χ1n) is 9.29. The van der Waals surface area contributed by atoms with Crippen LogP contribution in [0.1, 0.15) is 27.0 Å². The molecule has 4 heteroatoms. The van der Waals surface area contributed by atoms with E-state index >= 15 is 0 Å². The number of hydrogen-bond acceptors (Lipinski definition) is 4. The maximum absolute atomic E-state index is 12.8. The molecule has 0 aliphatic carbocycles. The lowest BCUT2D eigenvalue weighted by Gasteiger charge is -2.12. The molecule has 0 bridgehead atoms. The highest BCUT2D eigenvalue weighted by molar-refractivity contribution is 5.93. The van der Waals surface area contributed by atoms with Crippen LogP contribution in [-0.2, 0) is 12.8 Å². The molecular formula is C25H21NO3. The van der Waals surface area contributed by atoms with Crippen molar-refractivity contribution < 1.29 is 14.3 Å². The molecule has 0 saturated carbocycles. The molecule has 144 valence electrons. The number of rotatable bonds is 7. The molecule has 0 aliphatic heterocycles. The second kappa shape index (κ2) is 9.91. The lowest BCUT2D eigenvalue weighted by atomic mass is 10.00. The maximum atomic E-state index is 12.8. The summed E-state index contributed by atoms with van der Waals surface area (Å²) >= 11 is 0. The van der Waals surface area contributed by atoms with Gasteiger partial charge in [-0.15, -0.1) is 0 Å². The van der Waals surface area contributed by atoms with E-state index in [1.165, 1.54) is 18.7 Å². The highest BCUT2D eigenvalue weighted by Gasteiger charge is 2.16. The fraction of sp³-hybridized carbons (Fsp3) is 0.120. The Morgan fingerprint density at radius 3 is 2.48 bits per heavy atom. The van der Waals surface area contributed by atoms with Gasteiger partial charge in [0, 0.05) is 6.08 Å². The molecular weight excluding hydrogens is 362 g/mol. The maximum Gasteiger partial charge on any atom is 0.343 e. The number of nitriles is 1. The predicted molar refractivity (Wildman–Crippen MR) is 113 cm³/mol. The van der Waals surface area contributed by atoms with Gasteiger partial charge in [-0.25, -0.2) is 4.79 Å². The smallest absolute Gasteiger partial charge is 0.343 e. The minimum absolute atomic E-state index is 0.337. The Bertz CT molecular complexity index is 1050. The average Bonchev–Trinajstić information content (AvgIpc) is 2.77. The zero-order valence-electron chi connectivity index (χ0n) is 16.2. The number of hydrogen-bond donors (Lipinski definition) is 0. The van der Waals surface area contributed by atoms with Crippen LogP contribution in [0.4, 0.5) is 0 Å². The summed E-state index contributed by atoms with van der Waals surface area (Å²) in [6, 6.07) is 24.7. The van der Waals surface area contributed by atoms with Crippen molar-refractivity contribution in [2.24, 2.45) is 0 Å². The molecule has 0 N–H and O–H groups in total. The Hall–Kier alpha value is -3.84. The first-order chi connectivity index (χ1) is 14.2. The number of methoxy groups -OCH3 is 1. The van der Waals surface area contributed by atoms with E-state index in [4.69, 9.17) is 14.7 Å². The Morgan fingerprint density at radius 2 is 1.72 bits per heavy atom. The van der Waals surface area contributed by atoms with E-state index in [0.717, 1.165) is 24.0 Å². The number of nitrogens with zero attached hydrogens (tertiary/aromatic N) is 1. The summed E-state index contributed by atoms with van der Waals surface area (Å²) in [5.41, 5.74) is 3.48. The summed E-state index contributed by atoms with van der Waals surface area (Å²) in [5.74, 6) is 0.344. The van der Waals surface area contributed by atoms with Crippen LogP contribution in [0, 0.1) is 11.3 Å². The summed E-state index contributed by atoms with van der Waals surface area (Å²) in [7, 11) is 1.51. The van der Waals surface area contributed by atoms with Crippen LogP contribution in [0.5, 0.6) is 11.5 Å². The molecule has 4 nitrogen and oxygen atoms in total. The number of carbonyl (C=O) groups is 1. The molecule has 0 saturated heterocycles. The van der Waals surface area contributed by atoms with Crippen molar-refractivity contribution in [2.45, 2.75) is 12.8 Å². The minimum Gasteiger partial charge on any atom is -0.493 e. The zero-order valence-corrected chi connectivity index (χ0v) is 16.2. The zero-order chi connectivity index (χ0) is 20.5. The standard InChI is InChI=1S/C25H21NO3/c1-28-24-18-20(10-7-17-26)14-16-23(24)29-25(27)22-12-6-5-11-21(22)15-13-19-8-3-2-4-9-19/h2-12,14,16,18H,13,15H2,1H3/b10-7-. The molecule has 0 fully saturated rings. The molecule has 29 heavy (non-hydrogen) atoms. The van der Waals surface area contributed by atoms with Gasteiger partial charge >= 0.3 is 5.97 Å². The topological polar surface area (TPSA) is 59.3 Å². The van der Waals surface area contributed by atoms with Gasteiger partial charge in [-0.05, 0) is 53.8 Å². The number of aryl methyl sites for hydroxylation is 2. The Balaban J connectivity index is 1.77. The minimum atomic E-state index is -0.424. The van der Waals surface area contributed by atoms with Crippen LogP contribution in [-0.4, -0.2) is 13.1 Å². The van der Waals surface area contributed by atoms with Gasteiger partial charge in [0.25, 0.3) is 0 Å². The second-order valence-corrected chi connectivity index (χ2v) is 6.40. The molecule has 0 heterocycles. The molecule has 0 atom stereocenters. The van der Waals surface area contributed by atoms with Gasteiger partial charge in [0.05, 0.1) is 18.7 Å². The predicted octanol–water partition coefficient (Wildman–Crippen LogP) is 5.24. The van der Waals surface area contributed by atoms with Crippen molar-refractivity contribution >= 4 is 12.0 Å². The van der Waals surface area contributed by atoms with Crippen LogP contribution >= 0.6 is 0 Å². The van der Waals surface area contributed by atoms with Crippen molar-refractivity contribution in [1.29, 1.82) is 5.26 Å². The molecule has 0 spiro atoms. The van der Waals surface area contributed by atoms with Crippen LogP contribution in [0.2, 0.25) is 0 Å². The van der Waals surface area contributed by atoms with Crippen molar-refractivity contribution in [1.82, 2.24) is 0 Å². The van der Waals surface area contributed by atoms with Crippen LogP contribution in [0.15, 0.2) is 78.9 Å². The lowest BCUT2D eigenvalue weighted by molar-refractivity contribution is 0.0728. The summed E-state index contributed by atoms with van der Waals surface area (Å²) in [6.45, 7) is 0. The van der Waals surface area contributed by atoms with Crippen molar-refractivity contribution in [3.63, 3.8) is 0 Å². The van der Waals surface area contributed by atoms with Gasteiger partial charge in [-0.3, -0.25) is 0 Å². The van der Waals surface area contributed by atoms with E-state index in [0.29, 0.717) is 17.1 Å². The highest BCUT2D eigenvalue weighted by Crippen LogP contribution is 2.29. The summed E-state index contributed by atoms with van der Waals surface area (Å²) in [6.07, 6.45) is 4.62. The summed E-state index contributed by atoms with van der Waals surface area (Å²) in [4.78, 5) is 12.8. The monoisotopic (exact) mass is 383 g/mol. The summed E-state index contributed by atoms with van der Waals surface area (Å²) in [5, 5.41) is 8.66. The number of ether oxygens (including phenoxy) is 2. The van der Waals surface area contributed by atoms with E-state index in [2.05, 4.69) is 12.1 Å². The third-order valence-electron chi connectivity index (χ3n) is 4.50. The number of esters is 1. The molecule has 0 radical (unpaired) electrons. The van der Waals surface area contributed by atoms with Crippen molar-refractivity contribution in [3.8, 4) is 17.6 Å². The Morgan fingerprint density at radius 1 is 0.966 bits per heavy atom. The first-order valence-corrected chi connectivity index (χ1v) is 9.29. The third-order valence-corrected chi connectivity index (χ3v) is 4.50. The van der Waals surface area contributed by atoms with E-state index < -0.39 is 5.97 Å². The molecule has 0 amide bonds. The van der Waals surface area contributed by atoms with E-state index in [1.54, 1.807) is 30.3 Å². The summed E-state index contributed by atoms with van der Waals surface area (Å²) < 4.78 is 11.0. The molecule has 3 rings (SSSR count). The molecule has 0 unspecified atom stereocenters. The molecule has 3 aromatic rings. The first kappa shape index (κ1) is 19.9. The van der Waals surface area contributed by atoms with E-state index in [9.17, 15) is 4.79 Å². The second-order valence-electron chi connectivity index (χ2n) is 6.40. The molecule has 3 aromatic carbocycles. The Labute approximate surface area is 170 Å². The van der Waals surface area contributed by atoms with Gasteiger partial charge in [0.1, 0.15) is 0 Å². The third kappa shape index (κ3) is 5.33. The van der Waals surface area contributed by atoms with Crippen LogP contribution in [0.3, 0.4) is 0 Å². The van der Waals surface area contributed by atoms with Gasteiger partial charge in [0.15, 0.2) is 11.5 Å². The van der Waals surface area contributed by atoms with Crippen molar-refractivity contribution in [2.75, 3.05) is 7.11 Å². The van der Waals surface area contributed by atoms with Crippen molar-refractivity contribution in [3.05, 3.63) is 101 Å².